The molecule has 2 aromatic carbocycles. The Morgan fingerprint density at radius 3 is 2.55 bits per heavy atom. The molecule has 2 heterocycles. The number of nitrogens with one attached hydrogen (secondary N) is 1. The fourth-order valence-corrected chi connectivity index (χ4v) is 2.32. The second-order valence-corrected chi connectivity index (χ2v) is 4.91. The van der Waals surface area contributed by atoms with Crippen molar-refractivity contribution in [3.8, 4) is 11.3 Å². The molecule has 4 nitrogen and oxygen atoms in total. The molecule has 1 N–H and O–H groups in total. The number of nitrogens with zero attached hydrogens (tertiary/aromatic N) is 2. The number of para-hydroxylation sites is 1. The molecule has 0 aliphatic rings. The zero-order valence-electron chi connectivity index (χ0n) is 11.7. The lowest BCUT2D eigenvalue weighted by Crippen LogP contribution is -1.88. The highest BCUT2D eigenvalue weighted by molar-refractivity contribution is 5.81. The Kier molecular flexibility index (Phi) is 3.05. The molecule has 106 valence electrons. The molecule has 4 heteroatoms. The lowest BCUT2D eigenvalue weighted by molar-refractivity contribution is 0.623. The van der Waals surface area contributed by atoms with Crippen LogP contribution in [0.15, 0.2) is 77.3 Å². The topological polar surface area (TPSA) is 51.0 Å². The summed E-state index contributed by atoms with van der Waals surface area (Å²) < 4.78 is 5.72. The van der Waals surface area contributed by atoms with Gasteiger partial charge in [-0.15, -0.1) is 0 Å². The number of hydrogen-bond donors (Lipinski definition) is 1. The molecule has 2 aromatic heterocycles. The smallest absolute Gasteiger partial charge is 0.300 e. The summed E-state index contributed by atoms with van der Waals surface area (Å²) in [5.74, 6) is 0. The summed E-state index contributed by atoms with van der Waals surface area (Å²) in [6.45, 7) is 0. The summed E-state index contributed by atoms with van der Waals surface area (Å²) in [7, 11) is 0. The highest BCUT2D eigenvalue weighted by Gasteiger charge is 2.08. The van der Waals surface area contributed by atoms with Crippen LogP contribution in [0.5, 0.6) is 0 Å². The Hall–Kier alpha value is -3.14. The third kappa shape index (κ3) is 2.42. The first-order chi connectivity index (χ1) is 10.9. The fourth-order valence-electron chi connectivity index (χ4n) is 2.32. The van der Waals surface area contributed by atoms with Crippen LogP contribution in [0.25, 0.3) is 22.4 Å². The summed E-state index contributed by atoms with van der Waals surface area (Å²) >= 11 is 0. The van der Waals surface area contributed by atoms with E-state index in [4.69, 9.17) is 4.42 Å². The number of anilines is 2. The van der Waals surface area contributed by atoms with E-state index in [0.717, 1.165) is 28.0 Å². The molecule has 0 fully saturated rings. The first kappa shape index (κ1) is 12.6. The van der Waals surface area contributed by atoms with Crippen molar-refractivity contribution in [2.75, 3.05) is 5.32 Å². The Labute approximate surface area is 127 Å². The SMILES string of the molecule is c1ccc(Nc2nc3cc(-c4ccccn4)ccc3o2)cc1. The van der Waals surface area contributed by atoms with E-state index in [2.05, 4.69) is 15.3 Å². The number of rotatable bonds is 3. The molecule has 0 saturated heterocycles. The molecular weight excluding hydrogens is 274 g/mol. The second kappa shape index (κ2) is 5.33. The maximum absolute atomic E-state index is 5.72. The lowest BCUT2D eigenvalue weighted by atomic mass is 10.1. The molecule has 0 aliphatic heterocycles. The molecule has 0 amide bonds. The van der Waals surface area contributed by atoms with Gasteiger partial charge in [-0.25, -0.2) is 0 Å². The number of pyridine rings is 1. The van der Waals surface area contributed by atoms with Gasteiger partial charge in [0, 0.05) is 17.4 Å². The maximum atomic E-state index is 5.72. The summed E-state index contributed by atoms with van der Waals surface area (Å²) in [5, 5.41) is 3.16. The maximum Gasteiger partial charge on any atom is 0.300 e. The van der Waals surface area contributed by atoms with E-state index in [1.165, 1.54) is 0 Å². The van der Waals surface area contributed by atoms with E-state index in [9.17, 15) is 0 Å². The Morgan fingerprint density at radius 1 is 0.864 bits per heavy atom. The number of aromatic nitrogens is 2. The quantitative estimate of drug-likeness (QED) is 0.596. The van der Waals surface area contributed by atoms with Crippen LogP contribution in [0.4, 0.5) is 11.7 Å². The monoisotopic (exact) mass is 287 g/mol. The van der Waals surface area contributed by atoms with Crippen molar-refractivity contribution in [1.82, 2.24) is 9.97 Å². The van der Waals surface area contributed by atoms with E-state index in [1.807, 2.05) is 66.7 Å². The molecule has 0 bridgehead atoms. The van der Waals surface area contributed by atoms with Gasteiger partial charge in [0.1, 0.15) is 5.52 Å². The van der Waals surface area contributed by atoms with Crippen LogP contribution in [0, 0.1) is 0 Å². The molecule has 4 rings (SSSR count). The van der Waals surface area contributed by atoms with Gasteiger partial charge < -0.3 is 9.73 Å². The van der Waals surface area contributed by atoms with Gasteiger partial charge in [0.25, 0.3) is 6.01 Å². The van der Waals surface area contributed by atoms with Crippen molar-refractivity contribution in [2.45, 2.75) is 0 Å². The normalized spacial score (nSPS) is 10.7. The molecule has 0 unspecified atom stereocenters. The van der Waals surface area contributed by atoms with Crippen LogP contribution in [-0.4, -0.2) is 9.97 Å². The van der Waals surface area contributed by atoms with Crippen molar-refractivity contribution in [3.05, 3.63) is 72.9 Å². The van der Waals surface area contributed by atoms with Crippen LogP contribution in [0.2, 0.25) is 0 Å². The van der Waals surface area contributed by atoms with Gasteiger partial charge in [0.15, 0.2) is 5.58 Å². The Morgan fingerprint density at radius 2 is 1.73 bits per heavy atom. The van der Waals surface area contributed by atoms with E-state index in [0.29, 0.717) is 6.01 Å². The van der Waals surface area contributed by atoms with E-state index in [1.54, 1.807) is 6.20 Å². The summed E-state index contributed by atoms with van der Waals surface area (Å²) in [5.41, 5.74) is 4.44. The zero-order valence-corrected chi connectivity index (χ0v) is 11.7. The predicted octanol–water partition coefficient (Wildman–Crippen LogP) is 4.63. The van der Waals surface area contributed by atoms with Crippen molar-refractivity contribution in [1.29, 1.82) is 0 Å². The fraction of sp³-hybridized carbons (Fsp3) is 0. The Bertz CT molecular complexity index is 901. The van der Waals surface area contributed by atoms with Crippen LogP contribution >= 0.6 is 0 Å². The summed E-state index contributed by atoms with van der Waals surface area (Å²) in [6, 6.07) is 22.1. The standard InChI is InChI=1S/C18H13N3O/c1-2-6-14(7-3-1)20-18-21-16-12-13(9-10-17(16)22-18)15-8-4-5-11-19-15/h1-12H,(H,20,21). The molecule has 0 aliphatic carbocycles. The van der Waals surface area contributed by atoms with Crippen LogP contribution < -0.4 is 5.32 Å². The highest BCUT2D eigenvalue weighted by Crippen LogP contribution is 2.26. The van der Waals surface area contributed by atoms with Crippen LogP contribution in [0.3, 0.4) is 0 Å². The number of benzene rings is 2. The third-order valence-corrected chi connectivity index (χ3v) is 3.37. The van der Waals surface area contributed by atoms with Gasteiger partial charge in [-0.3, -0.25) is 4.98 Å². The number of hydrogen-bond acceptors (Lipinski definition) is 4. The van der Waals surface area contributed by atoms with E-state index in [-0.39, 0.29) is 0 Å². The lowest BCUT2D eigenvalue weighted by Gasteiger charge is -1.98. The highest BCUT2D eigenvalue weighted by atomic mass is 16.4. The molecule has 0 atom stereocenters. The van der Waals surface area contributed by atoms with Gasteiger partial charge in [-0.2, -0.15) is 4.98 Å². The van der Waals surface area contributed by atoms with Crippen molar-refractivity contribution < 1.29 is 4.42 Å². The molecule has 4 aromatic rings. The first-order valence-corrected chi connectivity index (χ1v) is 7.02. The number of oxazole rings is 1. The van der Waals surface area contributed by atoms with Gasteiger partial charge >= 0.3 is 0 Å². The molecule has 0 radical (unpaired) electrons. The largest absolute Gasteiger partial charge is 0.423 e. The first-order valence-electron chi connectivity index (χ1n) is 7.02. The van der Waals surface area contributed by atoms with Crippen LogP contribution in [0.1, 0.15) is 0 Å². The third-order valence-electron chi connectivity index (χ3n) is 3.37. The summed E-state index contributed by atoms with van der Waals surface area (Å²) in [4.78, 5) is 8.84. The van der Waals surface area contributed by atoms with Gasteiger partial charge in [0.2, 0.25) is 0 Å². The van der Waals surface area contributed by atoms with E-state index < -0.39 is 0 Å². The second-order valence-electron chi connectivity index (χ2n) is 4.91. The molecule has 0 spiro atoms. The minimum absolute atomic E-state index is 0.486. The van der Waals surface area contributed by atoms with Gasteiger partial charge in [-0.05, 0) is 42.5 Å². The summed E-state index contributed by atoms with van der Waals surface area (Å²) in [6.07, 6.45) is 1.78. The van der Waals surface area contributed by atoms with Crippen LogP contribution in [-0.2, 0) is 0 Å². The van der Waals surface area contributed by atoms with Crippen molar-refractivity contribution >= 4 is 22.8 Å². The minimum atomic E-state index is 0.486. The number of fused-ring (bicyclic) bond motifs is 1. The average Bonchev–Trinajstić information content (AvgIpc) is 2.98. The van der Waals surface area contributed by atoms with Crippen molar-refractivity contribution in [2.24, 2.45) is 0 Å². The molecule has 22 heavy (non-hydrogen) atoms. The van der Waals surface area contributed by atoms with Gasteiger partial charge in [0.05, 0.1) is 5.69 Å². The molecular formula is C18H13N3O. The Balaban J connectivity index is 1.69. The van der Waals surface area contributed by atoms with Crippen molar-refractivity contribution in [3.63, 3.8) is 0 Å². The van der Waals surface area contributed by atoms with E-state index >= 15 is 0 Å². The van der Waals surface area contributed by atoms with Gasteiger partial charge in [-0.1, -0.05) is 24.3 Å². The predicted molar refractivity (Wildman–Crippen MR) is 87.0 cm³/mol. The minimum Gasteiger partial charge on any atom is -0.423 e. The average molecular weight is 287 g/mol. The zero-order chi connectivity index (χ0) is 14.8. The molecule has 0 saturated carbocycles.